The van der Waals surface area contributed by atoms with Crippen LogP contribution in [0, 0.1) is 33.8 Å². The van der Waals surface area contributed by atoms with E-state index in [1.165, 1.54) is 49.3 Å². The van der Waals surface area contributed by atoms with Crippen molar-refractivity contribution in [3.63, 3.8) is 0 Å². The normalized spacial score (nSPS) is 28.7. The van der Waals surface area contributed by atoms with Crippen LogP contribution in [0.25, 0.3) is 0 Å². The zero-order chi connectivity index (χ0) is 84.0. The summed E-state index contributed by atoms with van der Waals surface area (Å²) >= 11 is 0. The fourth-order valence-corrected chi connectivity index (χ4v) is 20.1. The number of nitro benzene ring substituents is 1. The predicted molar refractivity (Wildman–Crippen MR) is 422 cm³/mol. The molecule has 7 aromatic rings. The molecule has 2 aliphatic carbocycles. The topological polar surface area (TPSA) is 434 Å². The molecule has 6 N–H and O–H groups in total. The van der Waals surface area contributed by atoms with Crippen LogP contribution in [0.3, 0.4) is 0 Å². The molecule has 17 rings (SSSR count). The second-order valence-corrected chi connectivity index (χ2v) is 34.0. The maximum Gasteiger partial charge on any atom is 0.519 e. The summed E-state index contributed by atoms with van der Waals surface area (Å²) in [5.41, 5.74) is 3.69. The van der Waals surface area contributed by atoms with Crippen LogP contribution in [0.5, 0.6) is 51.7 Å². The monoisotopic (exact) mass is 1740 g/mol. The van der Waals surface area contributed by atoms with Gasteiger partial charge >= 0.3 is 24.1 Å². The number of benzene rings is 5. The van der Waals surface area contributed by atoms with Gasteiger partial charge in [-0.05, 0) is 167 Å². The summed E-state index contributed by atoms with van der Waals surface area (Å²) in [7, 11) is 9.50. The Morgan fingerprint density at radius 2 is 1.01 bits per heavy atom. The molecule has 20 atom stereocenters. The zero-order valence-electron chi connectivity index (χ0n) is 65.2. The Balaban J connectivity index is 0.000000166. The molecular weight excluding hydrogens is 1650 g/mol. The van der Waals surface area contributed by atoms with Gasteiger partial charge in [-0.25, -0.2) is 14.8 Å². The average molecular weight is 1740 g/mol. The highest BCUT2D eigenvalue weighted by molar-refractivity contribution is 8.77. The lowest BCUT2D eigenvalue weighted by atomic mass is 9.66. The average Bonchev–Trinajstić information content (AvgIpc) is 1.44. The van der Waals surface area contributed by atoms with E-state index in [1.54, 1.807) is 90.2 Å². The quantitative estimate of drug-likeness (QED) is 0.00623. The van der Waals surface area contributed by atoms with E-state index >= 15 is 0 Å². The largest absolute Gasteiger partial charge is 0.519 e. The molecule has 0 bridgehead atoms. The van der Waals surface area contributed by atoms with Crippen molar-refractivity contribution in [1.82, 2.24) is 9.97 Å². The number of aliphatic hydroxyl groups is 6. The maximum atomic E-state index is 13.7. The third kappa shape index (κ3) is 18.6. The Morgan fingerprint density at radius 3 is 1.44 bits per heavy atom. The number of hydrogen-bond donors (Lipinski definition) is 6. The minimum Gasteiger partial charge on any atom is -0.493 e. The van der Waals surface area contributed by atoms with Crippen molar-refractivity contribution >= 4 is 72.9 Å². The molecule has 0 saturated carbocycles. The summed E-state index contributed by atoms with van der Waals surface area (Å²) in [4.78, 5) is 72.1. The van der Waals surface area contributed by atoms with Crippen LogP contribution in [0.1, 0.15) is 109 Å². The van der Waals surface area contributed by atoms with Crippen LogP contribution < -0.4 is 42.6 Å². The zero-order valence-corrected chi connectivity index (χ0v) is 68.4. The molecule has 0 spiro atoms. The predicted octanol–water partition coefficient (Wildman–Crippen LogP) is 9.47. The number of nitro groups is 1. The van der Waals surface area contributed by atoms with Gasteiger partial charge in [0.2, 0.25) is 13.6 Å². The second-order valence-electron chi connectivity index (χ2n) is 29.1. The Labute approximate surface area is 702 Å². The van der Waals surface area contributed by atoms with Crippen LogP contribution in [0.4, 0.5) is 10.5 Å². The number of hydrogen-bond acceptors (Lipinski definition) is 37. The first kappa shape index (κ1) is 86.1. The summed E-state index contributed by atoms with van der Waals surface area (Å²) in [6.45, 7) is 4.55. The van der Waals surface area contributed by atoms with Gasteiger partial charge < -0.3 is 121 Å². The van der Waals surface area contributed by atoms with E-state index in [2.05, 4.69) is 16.9 Å². The third-order valence-corrected chi connectivity index (χ3v) is 26.5. The van der Waals surface area contributed by atoms with Gasteiger partial charge in [-0.2, -0.15) is 0 Å². The van der Waals surface area contributed by atoms with E-state index < -0.39 is 164 Å². The molecule has 5 aromatic carbocycles. The first-order chi connectivity index (χ1) is 58.2. The molecule has 10 heterocycles. The number of carbonyl (C=O) groups is 4. The van der Waals surface area contributed by atoms with Crippen LogP contribution in [0.15, 0.2) is 132 Å². The van der Waals surface area contributed by atoms with Gasteiger partial charge in [0, 0.05) is 77.3 Å². The van der Waals surface area contributed by atoms with Gasteiger partial charge in [-0.15, -0.1) is 0 Å². The molecular formula is C82H87N3O31S4. The fraction of sp³-hybridized carbons (Fsp3) is 0.463. The maximum absolute atomic E-state index is 13.7. The minimum absolute atomic E-state index is 0.00193. The summed E-state index contributed by atoms with van der Waals surface area (Å²) in [6.07, 6.45) is -10.1. The van der Waals surface area contributed by atoms with E-state index in [9.17, 15) is 59.9 Å². The molecule has 34 nitrogen and oxygen atoms in total. The molecule has 120 heavy (non-hydrogen) atoms. The molecule has 0 amide bonds. The molecule has 10 aliphatic rings. The summed E-state index contributed by atoms with van der Waals surface area (Å²) in [5.74, 6) is -2.03. The van der Waals surface area contributed by atoms with Crippen LogP contribution in [-0.4, -0.2) is 209 Å². The Kier molecular flexibility index (Phi) is 27.7. The summed E-state index contributed by atoms with van der Waals surface area (Å²) in [5, 5.41) is 78.5. The van der Waals surface area contributed by atoms with Crippen molar-refractivity contribution in [2.45, 2.75) is 161 Å². The standard InChI is InChI=1S/C38H41NO14S2.C36H35NO17.C8H11NS2/c1-18-46-16-27-36(50-18)32(42)33(43)38(51-27)53-35-22-13-25-24(48-17-49-25)12-21(22)30(31-23(35)15-47-37(31)44)19-10-20(14-40)34(26(11-19)45-2)52-29(41)7-5-9-54-55-28-6-3-4-8-39-28;1-15-46-13-26-33(50-15)29(39)30(40)35(52-26)53-32-21-10-24-23(48-14-49-24)9-20(21)27(28-22(32)12-47-34(28)41)16-7-17(11-38)31(25(8-16)45-2)54-36(42)51-19-5-3-18(4-6-19)37(43)44;1-2-7-10-11-8-5-3-4-6-9-8/h3-4,6,8,10-13,18,23,27,30-33,35-36,38,40,42-43H,5,7,9,14-17H2,1-2H3;3-10,15,22,26-30,32-33,35,38-40H,11-14H2,1-2H3;3-6H,2,7H2,1H3/t18?,23-,27?,30+,31-,32?,33?,35+,36?,38?;15?,22-,26?,27+,28-,29?,30?,32+,33?,35?;/m00./s1. The summed E-state index contributed by atoms with van der Waals surface area (Å²) < 4.78 is 110. The van der Waals surface area contributed by atoms with Gasteiger partial charge in [0.25, 0.3) is 5.69 Å². The van der Waals surface area contributed by atoms with Gasteiger partial charge in [0.05, 0.1) is 82.8 Å². The van der Waals surface area contributed by atoms with E-state index in [1.807, 2.05) is 53.4 Å². The van der Waals surface area contributed by atoms with Crippen molar-refractivity contribution in [2.75, 3.05) is 65.7 Å². The number of methoxy groups -OCH3 is 2. The summed E-state index contributed by atoms with van der Waals surface area (Å²) in [6, 6.07) is 30.0. The lowest BCUT2D eigenvalue weighted by molar-refractivity contribution is -0.384. The van der Waals surface area contributed by atoms with E-state index in [-0.39, 0.29) is 86.4 Å². The smallest absolute Gasteiger partial charge is 0.493 e. The Hall–Kier alpha value is -8.88. The number of rotatable bonds is 24. The first-order valence-corrected chi connectivity index (χ1v) is 43.3. The van der Waals surface area contributed by atoms with Gasteiger partial charge in [0.1, 0.15) is 64.6 Å². The number of nitrogens with zero attached hydrogens (tertiary/aromatic N) is 3. The van der Waals surface area contributed by atoms with Gasteiger partial charge in [-0.3, -0.25) is 24.5 Å². The molecule has 12 unspecified atom stereocenters. The van der Waals surface area contributed by atoms with Crippen molar-refractivity contribution < 1.29 is 145 Å². The molecule has 2 aromatic heterocycles. The van der Waals surface area contributed by atoms with E-state index in [0.717, 1.165) is 22.2 Å². The fourth-order valence-electron chi connectivity index (χ4n) is 16.1. The molecule has 0 radical (unpaired) electrons. The minimum atomic E-state index is -1.51. The van der Waals surface area contributed by atoms with Crippen molar-refractivity contribution in [3.05, 3.63) is 176 Å². The first-order valence-electron chi connectivity index (χ1n) is 38.7. The highest BCUT2D eigenvalue weighted by Gasteiger charge is 2.59. The lowest BCUT2D eigenvalue weighted by Gasteiger charge is -2.47. The number of fused-ring (bicyclic) bond motifs is 8. The number of esters is 3. The lowest BCUT2D eigenvalue weighted by Crippen LogP contribution is -2.63. The SMILES string of the molecule is CCCSSc1ccccn1.COc1cc([C@@H]2c3cc4c(cc3[C@@H](OC3OC5COC(C)OC5C(O)C3O)[C@H]3COC(=O)[C@H]23)OCO4)cc(CO)c1OC(=O)CCCSSc1ccccn1.COc1cc([C@@H]2c3cc4c(cc3[C@@H](OC3OC5COC(C)OC5C(O)C3O)[C@H]3COC(=O)[C@H]23)OCO4)cc(CO)c1OC(=O)Oc1ccc([N+](=O)[O-])cc1. The highest BCUT2D eigenvalue weighted by atomic mass is 33.1. The second kappa shape index (κ2) is 38.7. The van der Waals surface area contributed by atoms with Gasteiger partial charge in [-0.1, -0.05) is 40.6 Å². The third-order valence-electron chi connectivity index (χ3n) is 21.7. The Morgan fingerprint density at radius 1 is 0.550 bits per heavy atom. The number of ether oxygens (including phenoxy) is 19. The number of aliphatic hydroxyl groups excluding tert-OH is 6. The number of aromatic nitrogens is 2. The van der Waals surface area contributed by atoms with Crippen molar-refractivity contribution in [2.24, 2.45) is 23.7 Å². The molecule has 6 fully saturated rings. The molecule has 38 heteroatoms. The van der Waals surface area contributed by atoms with Crippen LogP contribution in [-0.2, 0) is 75.0 Å². The number of pyridine rings is 2. The number of cyclic esters (lactones) is 2. The van der Waals surface area contributed by atoms with Crippen molar-refractivity contribution in [3.8, 4) is 51.7 Å². The van der Waals surface area contributed by atoms with E-state index in [0.29, 0.717) is 74.1 Å². The van der Waals surface area contributed by atoms with Gasteiger partial charge in [0.15, 0.2) is 71.2 Å². The van der Waals surface area contributed by atoms with Crippen LogP contribution >= 0.6 is 43.2 Å². The highest BCUT2D eigenvalue weighted by Crippen LogP contribution is 2.60. The van der Waals surface area contributed by atoms with Crippen LogP contribution in [0.2, 0.25) is 0 Å². The molecule has 8 aliphatic heterocycles. The number of non-ortho nitro benzene ring substituents is 1. The molecule has 6 saturated heterocycles. The number of carbonyl (C=O) groups excluding carboxylic acids is 4. The Bertz CT molecular complexity index is 4760. The van der Waals surface area contributed by atoms with Crippen molar-refractivity contribution in [1.29, 1.82) is 0 Å². The van der Waals surface area contributed by atoms with E-state index in [4.69, 9.17) is 90.0 Å². The molecule has 640 valence electrons.